The molecule has 0 spiro atoms. The second-order valence-corrected chi connectivity index (χ2v) is 5.21. The molecule has 2 aromatic rings. The van der Waals surface area contributed by atoms with E-state index >= 15 is 0 Å². The molecule has 0 N–H and O–H groups in total. The monoisotopic (exact) mass is 321 g/mol. The summed E-state index contributed by atoms with van der Waals surface area (Å²) in [5.41, 5.74) is 1.96. The molecule has 0 aliphatic heterocycles. The van der Waals surface area contributed by atoms with Gasteiger partial charge in [0.15, 0.2) is 0 Å². The lowest BCUT2D eigenvalue weighted by Crippen LogP contribution is -2.30. The molecule has 0 atom stereocenters. The van der Waals surface area contributed by atoms with Gasteiger partial charge < -0.3 is 9.64 Å². The SMILES string of the molecule is CCN(CC)C(=O)O/C(=C/C=C/c1ccccc1)c1ccccc1. The van der Waals surface area contributed by atoms with Crippen molar-refractivity contribution in [1.82, 2.24) is 4.90 Å². The van der Waals surface area contributed by atoms with Crippen molar-refractivity contribution in [3.8, 4) is 0 Å². The third kappa shape index (κ3) is 5.13. The van der Waals surface area contributed by atoms with E-state index in [2.05, 4.69) is 0 Å². The molecule has 124 valence electrons. The zero-order valence-corrected chi connectivity index (χ0v) is 14.2. The van der Waals surface area contributed by atoms with E-state index in [1.165, 1.54) is 0 Å². The summed E-state index contributed by atoms with van der Waals surface area (Å²) in [5, 5.41) is 0. The highest BCUT2D eigenvalue weighted by atomic mass is 16.6. The van der Waals surface area contributed by atoms with Gasteiger partial charge in [0.25, 0.3) is 0 Å². The summed E-state index contributed by atoms with van der Waals surface area (Å²) >= 11 is 0. The molecule has 0 bridgehead atoms. The van der Waals surface area contributed by atoms with Gasteiger partial charge >= 0.3 is 6.09 Å². The van der Waals surface area contributed by atoms with Crippen molar-refractivity contribution >= 4 is 17.9 Å². The van der Waals surface area contributed by atoms with E-state index in [-0.39, 0.29) is 6.09 Å². The zero-order chi connectivity index (χ0) is 17.2. The molecular weight excluding hydrogens is 298 g/mol. The van der Waals surface area contributed by atoms with Crippen molar-refractivity contribution in [2.75, 3.05) is 13.1 Å². The molecule has 1 amide bonds. The number of allylic oxidation sites excluding steroid dienone is 2. The van der Waals surface area contributed by atoms with Crippen LogP contribution in [-0.2, 0) is 4.74 Å². The Bertz CT molecular complexity index is 686. The van der Waals surface area contributed by atoms with Gasteiger partial charge in [-0.25, -0.2) is 4.79 Å². The predicted molar refractivity (Wildman–Crippen MR) is 99.3 cm³/mol. The molecule has 0 radical (unpaired) electrons. The van der Waals surface area contributed by atoms with E-state index in [0.29, 0.717) is 18.8 Å². The van der Waals surface area contributed by atoms with Crippen LogP contribution in [0.25, 0.3) is 11.8 Å². The molecule has 0 aromatic heterocycles. The minimum Gasteiger partial charge on any atom is -0.410 e. The molecule has 3 heteroatoms. The van der Waals surface area contributed by atoms with Crippen LogP contribution in [0.3, 0.4) is 0 Å². The highest BCUT2D eigenvalue weighted by Gasteiger charge is 2.14. The van der Waals surface area contributed by atoms with Crippen molar-refractivity contribution in [2.24, 2.45) is 0 Å². The lowest BCUT2D eigenvalue weighted by molar-refractivity contribution is 0.148. The minimum atomic E-state index is -0.330. The number of carbonyl (C=O) groups is 1. The molecule has 2 rings (SSSR count). The van der Waals surface area contributed by atoms with Crippen LogP contribution >= 0.6 is 0 Å². The average molecular weight is 321 g/mol. The van der Waals surface area contributed by atoms with Crippen LogP contribution in [0.1, 0.15) is 25.0 Å². The van der Waals surface area contributed by atoms with Crippen molar-refractivity contribution < 1.29 is 9.53 Å². The summed E-state index contributed by atoms with van der Waals surface area (Å²) in [6.45, 7) is 5.12. The molecule has 0 heterocycles. The first-order chi connectivity index (χ1) is 11.7. The van der Waals surface area contributed by atoms with Gasteiger partial charge in [0.1, 0.15) is 5.76 Å². The number of nitrogens with zero attached hydrogens (tertiary/aromatic N) is 1. The summed E-state index contributed by atoms with van der Waals surface area (Å²) in [6.07, 6.45) is 5.37. The summed E-state index contributed by atoms with van der Waals surface area (Å²) in [6, 6.07) is 19.6. The first-order valence-corrected chi connectivity index (χ1v) is 8.20. The number of hydrogen-bond donors (Lipinski definition) is 0. The quantitative estimate of drug-likeness (QED) is 0.539. The molecular formula is C21H23NO2. The Kier molecular flexibility index (Phi) is 6.84. The standard InChI is InChI=1S/C21H23NO2/c1-3-22(4-2)21(23)24-20(19-15-9-6-10-16-19)17-11-14-18-12-7-5-8-13-18/h5-17H,3-4H2,1-2H3/b14-11+,20-17+. The molecule has 0 saturated heterocycles. The first kappa shape index (κ1) is 17.5. The van der Waals surface area contributed by atoms with Gasteiger partial charge in [-0.1, -0.05) is 72.8 Å². The second kappa shape index (κ2) is 9.36. The van der Waals surface area contributed by atoms with Crippen molar-refractivity contribution in [3.63, 3.8) is 0 Å². The Balaban J connectivity index is 2.21. The smallest absolute Gasteiger partial charge is 0.410 e. The number of carbonyl (C=O) groups excluding carboxylic acids is 1. The van der Waals surface area contributed by atoms with E-state index < -0.39 is 0 Å². The van der Waals surface area contributed by atoms with E-state index in [4.69, 9.17) is 4.74 Å². The van der Waals surface area contributed by atoms with Crippen LogP contribution in [0.2, 0.25) is 0 Å². The highest BCUT2D eigenvalue weighted by molar-refractivity contribution is 5.77. The Morgan fingerprint density at radius 1 is 0.958 bits per heavy atom. The zero-order valence-electron chi connectivity index (χ0n) is 14.2. The third-order valence-corrected chi connectivity index (χ3v) is 3.61. The Morgan fingerprint density at radius 3 is 2.12 bits per heavy atom. The number of benzene rings is 2. The molecule has 3 nitrogen and oxygen atoms in total. The topological polar surface area (TPSA) is 29.5 Å². The maximum atomic E-state index is 12.3. The van der Waals surface area contributed by atoms with Crippen LogP contribution in [0.4, 0.5) is 4.79 Å². The lowest BCUT2D eigenvalue weighted by atomic mass is 10.1. The first-order valence-electron chi connectivity index (χ1n) is 8.20. The summed E-state index contributed by atoms with van der Waals surface area (Å²) in [4.78, 5) is 13.9. The molecule has 0 unspecified atom stereocenters. The Morgan fingerprint density at radius 2 is 1.54 bits per heavy atom. The van der Waals surface area contributed by atoms with Gasteiger partial charge in [-0.05, 0) is 25.5 Å². The van der Waals surface area contributed by atoms with Gasteiger partial charge in [0.2, 0.25) is 0 Å². The minimum absolute atomic E-state index is 0.330. The van der Waals surface area contributed by atoms with Crippen molar-refractivity contribution in [1.29, 1.82) is 0 Å². The highest BCUT2D eigenvalue weighted by Crippen LogP contribution is 2.17. The third-order valence-electron chi connectivity index (χ3n) is 3.61. The Labute approximate surface area is 143 Å². The van der Waals surface area contributed by atoms with Crippen LogP contribution in [0.5, 0.6) is 0 Å². The number of ether oxygens (including phenoxy) is 1. The molecule has 2 aromatic carbocycles. The number of amides is 1. The molecule has 0 fully saturated rings. The van der Waals surface area contributed by atoms with E-state index in [1.807, 2.05) is 92.7 Å². The molecule has 0 aliphatic rings. The van der Waals surface area contributed by atoms with Gasteiger partial charge in [0.05, 0.1) is 0 Å². The van der Waals surface area contributed by atoms with E-state index in [9.17, 15) is 4.79 Å². The maximum Gasteiger partial charge on any atom is 0.415 e. The van der Waals surface area contributed by atoms with Crippen LogP contribution < -0.4 is 0 Å². The molecule has 0 saturated carbocycles. The predicted octanol–water partition coefficient (Wildman–Crippen LogP) is 5.22. The largest absolute Gasteiger partial charge is 0.415 e. The molecule has 0 aliphatic carbocycles. The van der Waals surface area contributed by atoms with Gasteiger partial charge in [-0.15, -0.1) is 0 Å². The van der Waals surface area contributed by atoms with Crippen LogP contribution in [0, 0.1) is 0 Å². The number of hydrogen-bond acceptors (Lipinski definition) is 2. The maximum absolute atomic E-state index is 12.3. The fourth-order valence-corrected chi connectivity index (χ4v) is 2.24. The normalized spacial score (nSPS) is 11.5. The summed E-state index contributed by atoms with van der Waals surface area (Å²) in [7, 11) is 0. The van der Waals surface area contributed by atoms with Gasteiger partial charge in [0, 0.05) is 18.7 Å². The van der Waals surface area contributed by atoms with Crippen molar-refractivity contribution in [2.45, 2.75) is 13.8 Å². The average Bonchev–Trinajstić information content (AvgIpc) is 2.63. The summed E-state index contributed by atoms with van der Waals surface area (Å²) in [5.74, 6) is 0.541. The van der Waals surface area contributed by atoms with Gasteiger partial charge in [-0.2, -0.15) is 0 Å². The van der Waals surface area contributed by atoms with Crippen LogP contribution in [-0.4, -0.2) is 24.1 Å². The Hall–Kier alpha value is -2.81. The second-order valence-electron chi connectivity index (χ2n) is 5.21. The van der Waals surface area contributed by atoms with Crippen molar-refractivity contribution in [3.05, 3.63) is 83.9 Å². The summed E-state index contributed by atoms with van der Waals surface area (Å²) < 4.78 is 5.62. The van der Waals surface area contributed by atoms with Gasteiger partial charge in [-0.3, -0.25) is 0 Å². The van der Waals surface area contributed by atoms with Crippen LogP contribution in [0.15, 0.2) is 72.8 Å². The fraction of sp³-hybridized carbons (Fsp3) is 0.190. The lowest BCUT2D eigenvalue weighted by Gasteiger charge is -2.19. The van der Waals surface area contributed by atoms with E-state index in [1.54, 1.807) is 4.90 Å². The molecule has 24 heavy (non-hydrogen) atoms. The number of rotatable bonds is 6. The van der Waals surface area contributed by atoms with E-state index in [0.717, 1.165) is 11.1 Å². The fourth-order valence-electron chi connectivity index (χ4n) is 2.24.